The van der Waals surface area contributed by atoms with Crippen LogP contribution in [0.2, 0.25) is 0 Å². The van der Waals surface area contributed by atoms with E-state index in [2.05, 4.69) is 4.72 Å². The molecule has 4 nitrogen and oxygen atoms in total. The minimum atomic E-state index is -4.41. The number of nitrogens with one attached hydrogen (secondary N) is 1. The zero-order valence-electron chi connectivity index (χ0n) is 13.2. The number of benzene rings is 2. The molecule has 0 amide bonds. The van der Waals surface area contributed by atoms with E-state index in [9.17, 15) is 21.6 Å². The maximum Gasteiger partial charge on any atom is 0.446 e. The van der Waals surface area contributed by atoms with Crippen LogP contribution in [0.1, 0.15) is 5.56 Å². The molecule has 0 aliphatic carbocycles. The molecule has 0 atom stereocenters. The summed E-state index contributed by atoms with van der Waals surface area (Å²) >= 11 is -0.287. The first-order valence-electron chi connectivity index (χ1n) is 7.18. The highest BCUT2D eigenvalue weighted by Crippen LogP contribution is 2.36. The van der Waals surface area contributed by atoms with Gasteiger partial charge in [-0.25, -0.2) is 13.1 Å². The number of rotatable bonds is 7. The SMILES string of the molecule is COc1ccc(CCNS(=O)(=O)c2ccc(SC(F)(F)F)cc2)cc1. The monoisotopic (exact) mass is 391 g/mol. The Balaban J connectivity index is 1.94. The largest absolute Gasteiger partial charge is 0.497 e. The molecule has 2 aromatic rings. The average Bonchev–Trinajstić information content (AvgIpc) is 2.54. The van der Waals surface area contributed by atoms with Gasteiger partial charge in [0.1, 0.15) is 5.75 Å². The van der Waals surface area contributed by atoms with E-state index in [1.807, 2.05) is 12.1 Å². The van der Waals surface area contributed by atoms with Gasteiger partial charge in [-0.2, -0.15) is 13.2 Å². The van der Waals surface area contributed by atoms with Gasteiger partial charge in [0.15, 0.2) is 0 Å². The Morgan fingerprint density at radius 1 is 1.04 bits per heavy atom. The second kappa shape index (κ2) is 8.11. The molecule has 25 heavy (non-hydrogen) atoms. The molecule has 0 heterocycles. The van der Waals surface area contributed by atoms with Crippen molar-refractivity contribution in [2.75, 3.05) is 13.7 Å². The maximum atomic E-state index is 12.3. The highest BCUT2D eigenvalue weighted by atomic mass is 32.2. The van der Waals surface area contributed by atoms with Crippen LogP contribution in [-0.2, 0) is 16.4 Å². The fraction of sp³-hybridized carbons (Fsp3) is 0.250. The van der Waals surface area contributed by atoms with Gasteiger partial charge < -0.3 is 4.74 Å². The van der Waals surface area contributed by atoms with Gasteiger partial charge in [0.05, 0.1) is 12.0 Å². The van der Waals surface area contributed by atoms with Crippen molar-refractivity contribution >= 4 is 21.8 Å². The lowest BCUT2D eigenvalue weighted by atomic mass is 10.1. The fourth-order valence-corrected chi connectivity index (χ4v) is 3.60. The molecule has 1 N–H and O–H groups in total. The number of hydrogen-bond donors (Lipinski definition) is 1. The van der Waals surface area contributed by atoms with Crippen LogP contribution in [0.25, 0.3) is 0 Å². The summed E-state index contributed by atoms with van der Waals surface area (Å²) in [6.45, 7) is 0.174. The number of ether oxygens (including phenoxy) is 1. The molecule has 0 unspecified atom stereocenters. The molecule has 0 spiro atoms. The van der Waals surface area contributed by atoms with Crippen molar-refractivity contribution in [3.63, 3.8) is 0 Å². The van der Waals surface area contributed by atoms with Crippen LogP contribution in [0.4, 0.5) is 13.2 Å². The average molecular weight is 391 g/mol. The second-order valence-electron chi connectivity index (χ2n) is 5.02. The molecule has 0 aliphatic rings. The Bertz CT molecular complexity index is 789. The van der Waals surface area contributed by atoms with Crippen LogP contribution in [0.3, 0.4) is 0 Å². The molecule has 0 aliphatic heterocycles. The van der Waals surface area contributed by atoms with Crippen LogP contribution >= 0.6 is 11.8 Å². The summed E-state index contributed by atoms with van der Waals surface area (Å²) < 4.78 is 68.6. The highest BCUT2D eigenvalue weighted by Gasteiger charge is 2.29. The van der Waals surface area contributed by atoms with Crippen LogP contribution in [0.5, 0.6) is 5.75 Å². The standard InChI is InChI=1S/C16H16F3NO3S2/c1-23-13-4-2-12(3-5-13)10-11-20-25(21,22)15-8-6-14(7-9-15)24-16(17,18)19/h2-9,20H,10-11H2,1H3. The molecule has 2 aromatic carbocycles. The van der Waals surface area contributed by atoms with Crippen molar-refractivity contribution < 1.29 is 26.3 Å². The second-order valence-corrected chi connectivity index (χ2v) is 7.92. The maximum absolute atomic E-state index is 12.3. The van der Waals surface area contributed by atoms with Crippen molar-refractivity contribution in [3.8, 4) is 5.75 Å². The molecular weight excluding hydrogens is 375 g/mol. The Morgan fingerprint density at radius 3 is 2.16 bits per heavy atom. The number of halogens is 3. The minimum Gasteiger partial charge on any atom is -0.497 e. The predicted molar refractivity (Wildman–Crippen MR) is 90.2 cm³/mol. The first-order valence-corrected chi connectivity index (χ1v) is 9.48. The molecular formula is C16H16F3NO3S2. The third kappa shape index (κ3) is 6.26. The van der Waals surface area contributed by atoms with Gasteiger partial charge in [0.2, 0.25) is 10.0 Å². The van der Waals surface area contributed by atoms with E-state index in [0.717, 1.165) is 29.8 Å². The van der Waals surface area contributed by atoms with Gasteiger partial charge in [-0.15, -0.1) is 0 Å². The fourth-order valence-electron chi connectivity index (χ4n) is 2.03. The first kappa shape index (κ1) is 19.6. The predicted octanol–water partition coefficient (Wildman–Crippen LogP) is 3.83. The summed E-state index contributed by atoms with van der Waals surface area (Å²) in [4.78, 5) is -0.140. The third-order valence-corrected chi connectivity index (χ3v) is 5.45. The van der Waals surface area contributed by atoms with Gasteiger partial charge in [-0.3, -0.25) is 0 Å². The molecule has 2 rings (SSSR count). The molecule has 0 fully saturated rings. The van der Waals surface area contributed by atoms with Crippen LogP contribution in [0, 0.1) is 0 Å². The van der Waals surface area contributed by atoms with Crippen molar-refractivity contribution in [1.82, 2.24) is 4.72 Å². The summed E-state index contributed by atoms with van der Waals surface area (Å²) in [5, 5.41) is 0. The molecule has 9 heteroatoms. The van der Waals surface area contributed by atoms with Gasteiger partial charge in [0, 0.05) is 11.4 Å². The van der Waals surface area contributed by atoms with E-state index in [1.54, 1.807) is 19.2 Å². The lowest BCUT2D eigenvalue weighted by Crippen LogP contribution is -2.26. The van der Waals surface area contributed by atoms with Crippen molar-refractivity contribution in [3.05, 3.63) is 54.1 Å². The molecule has 0 radical (unpaired) electrons. The molecule has 0 aromatic heterocycles. The normalized spacial score (nSPS) is 12.2. The first-order chi connectivity index (χ1) is 11.7. The van der Waals surface area contributed by atoms with Gasteiger partial charge in [-0.1, -0.05) is 12.1 Å². The summed E-state index contributed by atoms with van der Waals surface area (Å²) in [7, 11) is -2.21. The van der Waals surface area contributed by atoms with Crippen molar-refractivity contribution in [2.45, 2.75) is 21.7 Å². The number of thioether (sulfide) groups is 1. The zero-order chi connectivity index (χ0) is 18.5. The summed E-state index contributed by atoms with van der Waals surface area (Å²) in [5.41, 5.74) is -3.47. The van der Waals surface area contributed by atoms with E-state index < -0.39 is 15.5 Å². The quantitative estimate of drug-likeness (QED) is 0.729. The lowest BCUT2D eigenvalue weighted by Gasteiger charge is -2.09. The molecule has 0 bridgehead atoms. The Hall–Kier alpha value is -1.71. The van der Waals surface area contributed by atoms with Crippen LogP contribution < -0.4 is 9.46 Å². The van der Waals surface area contributed by atoms with Crippen LogP contribution in [0.15, 0.2) is 58.3 Å². The smallest absolute Gasteiger partial charge is 0.446 e. The van der Waals surface area contributed by atoms with Crippen LogP contribution in [-0.4, -0.2) is 27.6 Å². The number of alkyl halides is 3. The minimum absolute atomic E-state index is 0.0651. The molecule has 0 saturated heterocycles. The number of hydrogen-bond acceptors (Lipinski definition) is 4. The van der Waals surface area contributed by atoms with E-state index >= 15 is 0 Å². The molecule has 0 saturated carbocycles. The van der Waals surface area contributed by atoms with Gasteiger partial charge in [0.25, 0.3) is 0 Å². The highest BCUT2D eigenvalue weighted by molar-refractivity contribution is 8.00. The number of sulfonamides is 1. The summed E-state index contributed by atoms with van der Waals surface area (Å²) in [5.74, 6) is 0.709. The Labute approximate surface area is 148 Å². The van der Waals surface area contributed by atoms with E-state index in [4.69, 9.17) is 4.74 Å². The van der Waals surface area contributed by atoms with E-state index in [0.29, 0.717) is 12.2 Å². The Morgan fingerprint density at radius 2 is 1.64 bits per heavy atom. The van der Waals surface area contributed by atoms with E-state index in [-0.39, 0.29) is 28.1 Å². The third-order valence-electron chi connectivity index (χ3n) is 3.23. The zero-order valence-corrected chi connectivity index (χ0v) is 14.8. The summed E-state index contributed by atoms with van der Waals surface area (Å²) in [6, 6.07) is 11.8. The van der Waals surface area contributed by atoms with Crippen molar-refractivity contribution in [2.24, 2.45) is 0 Å². The Kier molecular flexibility index (Phi) is 6.36. The van der Waals surface area contributed by atoms with Gasteiger partial charge >= 0.3 is 5.51 Å². The van der Waals surface area contributed by atoms with E-state index in [1.165, 1.54) is 0 Å². The lowest BCUT2D eigenvalue weighted by molar-refractivity contribution is -0.0328. The summed E-state index contributed by atoms with van der Waals surface area (Å²) in [6.07, 6.45) is 0.477. The van der Waals surface area contributed by atoms with Crippen molar-refractivity contribution in [1.29, 1.82) is 0 Å². The number of methoxy groups -OCH3 is 1. The molecule has 136 valence electrons. The topological polar surface area (TPSA) is 55.4 Å². The van der Waals surface area contributed by atoms with Gasteiger partial charge in [-0.05, 0) is 60.1 Å².